The summed E-state index contributed by atoms with van der Waals surface area (Å²) in [4.78, 5) is 21.1. The van der Waals surface area contributed by atoms with Gasteiger partial charge in [0.15, 0.2) is 6.79 Å². The SMILES string of the molecule is O=C(O)C(S)SC(S)C(=O)OCO. The highest BCUT2D eigenvalue weighted by atomic mass is 32.2. The molecule has 13 heavy (non-hydrogen) atoms. The number of aliphatic hydroxyl groups excluding tert-OH is 1. The Kier molecular flexibility index (Phi) is 6.39. The maximum absolute atomic E-state index is 10.8. The lowest BCUT2D eigenvalue weighted by molar-refractivity contribution is -0.149. The molecule has 0 heterocycles. The quantitative estimate of drug-likeness (QED) is 0.305. The number of carbonyl (C=O) groups excluding carboxylic acids is 1. The summed E-state index contributed by atoms with van der Waals surface area (Å²) in [7, 11) is 0. The Bertz CT molecular complexity index is 197. The van der Waals surface area contributed by atoms with Crippen molar-refractivity contribution in [3.05, 3.63) is 0 Å². The second kappa shape index (κ2) is 6.41. The monoisotopic (exact) mass is 244 g/mol. The maximum atomic E-state index is 10.8. The van der Waals surface area contributed by atoms with Gasteiger partial charge in [-0.1, -0.05) is 0 Å². The Morgan fingerprint density at radius 1 is 1.38 bits per heavy atom. The van der Waals surface area contributed by atoms with E-state index < -0.39 is 27.9 Å². The van der Waals surface area contributed by atoms with Crippen LogP contribution >= 0.6 is 37.0 Å². The summed E-state index contributed by atoms with van der Waals surface area (Å²) in [6.45, 7) is -0.749. The highest BCUT2D eigenvalue weighted by Gasteiger charge is 2.23. The minimum Gasteiger partial charge on any atom is -0.480 e. The van der Waals surface area contributed by atoms with Crippen molar-refractivity contribution in [2.24, 2.45) is 0 Å². The molecule has 2 N–H and O–H groups in total. The number of ether oxygens (including phenoxy) is 1. The molecule has 0 rings (SSSR count). The van der Waals surface area contributed by atoms with Crippen LogP contribution in [0.2, 0.25) is 0 Å². The van der Waals surface area contributed by atoms with E-state index in [1.807, 2.05) is 0 Å². The molecule has 0 saturated heterocycles. The van der Waals surface area contributed by atoms with Crippen LogP contribution in [0.15, 0.2) is 0 Å². The Morgan fingerprint density at radius 2 is 1.92 bits per heavy atom. The van der Waals surface area contributed by atoms with Gasteiger partial charge in [-0.05, 0) is 0 Å². The third kappa shape index (κ3) is 5.29. The molecule has 5 nitrogen and oxygen atoms in total. The summed E-state index contributed by atoms with van der Waals surface area (Å²) in [6.07, 6.45) is 0. The van der Waals surface area contributed by atoms with Gasteiger partial charge < -0.3 is 14.9 Å². The van der Waals surface area contributed by atoms with Crippen LogP contribution < -0.4 is 0 Å². The topological polar surface area (TPSA) is 83.8 Å². The van der Waals surface area contributed by atoms with Crippen LogP contribution in [0.4, 0.5) is 0 Å². The van der Waals surface area contributed by atoms with Crippen molar-refractivity contribution in [3.63, 3.8) is 0 Å². The van der Waals surface area contributed by atoms with E-state index in [0.717, 1.165) is 0 Å². The number of carbonyl (C=O) groups is 2. The van der Waals surface area contributed by atoms with Crippen molar-refractivity contribution in [2.75, 3.05) is 6.79 Å². The molecule has 0 bridgehead atoms. The lowest BCUT2D eigenvalue weighted by Gasteiger charge is -2.10. The van der Waals surface area contributed by atoms with Gasteiger partial charge in [-0.3, -0.25) is 4.79 Å². The number of carboxylic acid groups (broad SMARTS) is 1. The molecule has 0 aliphatic rings. The van der Waals surface area contributed by atoms with Crippen molar-refractivity contribution < 1.29 is 24.5 Å². The fourth-order valence-electron chi connectivity index (χ4n) is 0.371. The molecule has 76 valence electrons. The van der Waals surface area contributed by atoms with Gasteiger partial charge in [-0.15, -0.1) is 11.8 Å². The summed E-state index contributed by atoms with van der Waals surface area (Å²) in [5.74, 6) is -1.96. The van der Waals surface area contributed by atoms with Gasteiger partial charge in [-0.2, -0.15) is 25.3 Å². The normalized spacial score (nSPS) is 14.7. The van der Waals surface area contributed by atoms with Crippen LogP contribution in [-0.4, -0.2) is 38.1 Å². The number of carboxylic acids is 1. The lowest BCUT2D eigenvalue weighted by Crippen LogP contribution is -2.20. The maximum Gasteiger partial charge on any atom is 0.331 e. The molecule has 0 fully saturated rings. The van der Waals surface area contributed by atoms with Gasteiger partial charge in [0.25, 0.3) is 0 Å². The minimum absolute atomic E-state index is 0.699. The lowest BCUT2D eigenvalue weighted by atomic mass is 10.8. The summed E-state index contributed by atoms with van der Waals surface area (Å²) in [6, 6.07) is 0. The molecular formula is C5H8O5S3. The van der Waals surface area contributed by atoms with Crippen molar-refractivity contribution in [3.8, 4) is 0 Å². The van der Waals surface area contributed by atoms with Crippen LogP contribution in [0.1, 0.15) is 0 Å². The Labute approximate surface area is 89.7 Å². The van der Waals surface area contributed by atoms with E-state index in [2.05, 4.69) is 30.0 Å². The Hall–Kier alpha value is -0.0500. The van der Waals surface area contributed by atoms with E-state index >= 15 is 0 Å². The predicted octanol–water partition coefficient (Wildman–Crippen LogP) is -0.191. The number of rotatable bonds is 5. The van der Waals surface area contributed by atoms with Crippen LogP contribution in [0.3, 0.4) is 0 Å². The molecule has 0 aliphatic carbocycles. The Morgan fingerprint density at radius 3 is 2.31 bits per heavy atom. The first-order valence-electron chi connectivity index (χ1n) is 3.01. The largest absolute Gasteiger partial charge is 0.480 e. The first-order chi connectivity index (χ1) is 5.99. The molecule has 2 atom stereocenters. The van der Waals surface area contributed by atoms with Gasteiger partial charge in [0.2, 0.25) is 0 Å². The fraction of sp³-hybridized carbons (Fsp3) is 0.600. The highest BCUT2D eigenvalue weighted by molar-refractivity contribution is 8.18. The number of aliphatic carboxylic acids is 1. The number of esters is 1. The van der Waals surface area contributed by atoms with Crippen LogP contribution in [0.25, 0.3) is 0 Å². The zero-order valence-electron chi connectivity index (χ0n) is 6.28. The first-order valence-corrected chi connectivity index (χ1v) is 4.98. The van der Waals surface area contributed by atoms with Crippen LogP contribution in [0, 0.1) is 0 Å². The zero-order chi connectivity index (χ0) is 10.4. The van der Waals surface area contributed by atoms with E-state index in [0.29, 0.717) is 11.8 Å². The number of thiol groups is 2. The molecule has 0 aromatic rings. The van der Waals surface area contributed by atoms with Crippen molar-refractivity contribution >= 4 is 49.0 Å². The molecule has 0 saturated carbocycles. The molecule has 0 aromatic carbocycles. The Balaban J connectivity index is 3.92. The van der Waals surface area contributed by atoms with Crippen LogP contribution in [0.5, 0.6) is 0 Å². The minimum atomic E-state index is -1.16. The van der Waals surface area contributed by atoms with Gasteiger partial charge >= 0.3 is 11.9 Å². The third-order valence-electron chi connectivity index (χ3n) is 0.877. The van der Waals surface area contributed by atoms with Gasteiger partial charge in [-0.25, -0.2) is 4.79 Å². The summed E-state index contributed by atoms with van der Waals surface area (Å²) >= 11 is 8.13. The number of hydrogen-bond acceptors (Lipinski definition) is 7. The van der Waals surface area contributed by atoms with Gasteiger partial charge in [0.1, 0.15) is 9.16 Å². The standard InChI is InChI=1S/C5H8O5S3/c6-1-10-3(9)5(12)13-4(11)2(7)8/h4-6,11-12H,1H2,(H,7,8). The summed E-state index contributed by atoms with van der Waals surface area (Å²) in [5, 5.41) is 16.6. The molecule has 2 unspecified atom stereocenters. The van der Waals surface area contributed by atoms with E-state index in [4.69, 9.17) is 10.2 Å². The molecule has 8 heteroatoms. The number of hydrogen-bond donors (Lipinski definition) is 4. The highest BCUT2D eigenvalue weighted by Crippen LogP contribution is 2.24. The molecule has 0 amide bonds. The average Bonchev–Trinajstić information content (AvgIpc) is 2.04. The fourth-order valence-corrected chi connectivity index (χ4v) is 2.00. The van der Waals surface area contributed by atoms with Crippen molar-refractivity contribution in [1.29, 1.82) is 0 Å². The van der Waals surface area contributed by atoms with Crippen molar-refractivity contribution in [1.82, 2.24) is 0 Å². The molecule has 0 aromatic heterocycles. The summed E-state index contributed by atoms with van der Waals surface area (Å²) in [5.41, 5.74) is 0. The van der Waals surface area contributed by atoms with Gasteiger partial charge in [0.05, 0.1) is 0 Å². The number of aliphatic hydroxyl groups is 1. The van der Waals surface area contributed by atoms with E-state index in [1.165, 1.54) is 0 Å². The third-order valence-corrected chi connectivity index (χ3v) is 2.95. The average molecular weight is 244 g/mol. The smallest absolute Gasteiger partial charge is 0.331 e. The van der Waals surface area contributed by atoms with E-state index in [-0.39, 0.29) is 0 Å². The molecule has 0 radical (unpaired) electrons. The second-order valence-electron chi connectivity index (χ2n) is 1.77. The van der Waals surface area contributed by atoms with Crippen LogP contribution in [-0.2, 0) is 14.3 Å². The molecule has 0 spiro atoms. The molecule has 0 aliphatic heterocycles. The van der Waals surface area contributed by atoms with E-state index in [1.54, 1.807) is 0 Å². The van der Waals surface area contributed by atoms with E-state index in [9.17, 15) is 9.59 Å². The second-order valence-corrected chi connectivity index (χ2v) is 4.72. The first kappa shape index (κ1) is 12.9. The van der Waals surface area contributed by atoms with Gasteiger partial charge in [0, 0.05) is 0 Å². The number of thioether (sulfide) groups is 1. The molecular weight excluding hydrogens is 236 g/mol. The summed E-state index contributed by atoms with van der Waals surface area (Å²) < 4.78 is 2.16. The predicted molar refractivity (Wildman–Crippen MR) is 54.0 cm³/mol. The van der Waals surface area contributed by atoms with Crippen molar-refractivity contribution in [2.45, 2.75) is 9.16 Å². The zero-order valence-corrected chi connectivity index (χ0v) is 8.89.